The molecule has 0 bridgehead atoms. The SMILES string of the molecule is COc1ccc(CO[C@@H](CCO[Si](C)(C)C(C)(C)C)[C@H](C)/C=C(\C)I)cc1. The molecular formula is C22H37IO3Si. The van der Waals surface area contributed by atoms with E-state index in [0.29, 0.717) is 12.5 Å². The highest BCUT2D eigenvalue weighted by Gasteiger charge is 2.37. The van der Waals surface area contributed by atoms with Crippen LogP contribution in [0.15, 0.2) is 33.9 Å². The molecule has 0 aliphatic rings. The molecule has 1 aromatic rings. The number of halogens is 1. The standard InChI is InChI=1S/C22H37IO3Si/c1-17(15-18(2)23)21(13-14-26-27(7,8)22(3,4)5)25-16-19-9-11-20(24-6)12-10-19/h9-12,15,17,21H,13-14,16H2,1-8H3/b18-15+/t17-,21+/m1/s1. The van der Waals surface area contributed by atoms with Crippen molar-refractivity contribution in [3.63, 3.8) is 0 Å². The van der Waals surface area contributed by atoms with Crippen LogP contribution in [-0.2, 0) is 15.8 Å². The van der Waals surface area contributed by atoms with E-state index in [2.05, 4.69) is 88.5 Å². The number of benzene rings is 1. The monoisotopic (exact) mass is 504 g/mol. The van der Waals surface area contributed by atoms with Crippen LogP contribution in [0.25, 0.3) is 0 Å². The first-order chi connectivity index (χ1) is 12.5. The van der Waals surface area contributed by atoms with E-state index in [4.69, 9.17) is 13.9 Å². The summed E-state index contributed by atoms with van der Waals surface area (Å²) in [7, 11) is -0.0375. The molecule has 2 atom stereocenters. The predicted molar refractivity (Wildman–Crippen MR) is 126 cm³/mol. The first-order valence-corrected chi connectivity index (χ1v) is 13.7. The van der Waals surface area contributed by atoms with Gasteiger partial charge < -0.3 is 13.9 Å². The highest BCUT2D eigenvalue weighted by atomic mass is 127. The van der Waals surface area contributed by atoms with Gasteiger partial charge in [-0.3, -0.25) is 0 Å². The van der Waals surface area contributed by atoms with E-state index in [0.717, 1.165) is 24.3 Å². The molecule has 1 rings (SSSR count). The summed E-state index contributed by atoms with van der Waals surface area (Å²) in [5.74, 6) is 1.22. The van der Waals surface area contributed by atoms with Crippen molar-refractivity contribution in [3.05, 3.63) is 39.5 Å². The van der Waals surface area contributed by atoms with Gasteiger partial charge in [0.1, 0.15) is 5.75 Å². The Hall–Kier alpha value is -0.373. The molecule has 0 saturated carbocycles. The van der Waals surface area contributed by atoms with E-state index in [1.807, 2.05) is 12.1 Å². The molecule has 1 aromatic carbocycles. The van der Waals surface area contributed by atoms with Crippen molar-refractivity contribution in [2.75, 3.05) is 13.7 Å². The molecule has 5 heteroatoms. The van der Waals surface area contributed by atoms with Crippen molar-refractivity contribution in [3.8, 4) is 5.75 Å². The van der Waals surface area contributed by atoms with E-state index in [9.17, 15) is 0 Å². The second-order valence-corrected chi connectivity index (χ2v) is 15.2. The van der Waals surface area contributed by atoms with Crippen molar-refractivity contribution in [1.29, 1.82) is 0 Å². The summed E-state index contributed by atoms with van der Waals surface area (Å²) in [4.78, 5) is 0. The summed E-state index contributed by atoms with van der Waals surface area (Å²) in [6.07, 6.45) is 3.33. The number of ether oxygens (including phenoxy) is 2. The third-order valence-electron chi connectivity index (χ3n) is 5.37. The van der Waals surface area contributed by atoms with Gasteiger partial charge in [0.05, 0.1) is 19.8 Å². The molecule has 27 heavy (non-hydrogen) atoms. The van der Waals surface area contributed by atoms with Crippen molar-refractivity contribution < 1.29 is 13.9 Å². The summed E-state index contributed by atoms with van der Waals surface area (Å²) in [5, 5.41) is 0.233. The van der Waals surface area contributed by atoms with Gasteiger partial charge in [0.15, 0.2) is 8.32 Å². The average molecular weight is 505 g/mol. The summed E-state index contributed by atoms with van der Waals surface area (Å²) in [6.45, 7) is 17.2. The third-order valence-corrected chi connectivity index (χ3v) is 10.3. The Morgan fingerprint density at radius 3 is 2.26 bits per heavy atom. The Morgan fingerprint density at radius 2 is 1.78 bits per heavy atom. The summed E-state index contributed by atoms with van der Waals surface area (Å²) in [5.41, 5.74) is 1.16. The van der Waals surface area contributed by atoms with E-state index in [-0.39, 0.29) is 11.1 Å². The molecule has 0 saturated heterocycles. The lowest BCUT2D eigenvalue weighted by molar-refractivity contribution is 0.00371. The van der Waals surface area contributed by atoms with Crippen LogP contribution in [0.2, 0.25) is 18.1 Å². The molecule has 0 aliphatic heterocycles. The van der Waals surface area contributed by atoms with Crippen LogP contribution < -0.4 is 4.74 Å². The number of methoxy groups -OCH3 is 1. The first-order valence-electron chi connectivity index (χ1n) is 9.68. The van der Waals surface area contributed by atoms with Gasteiger partial charge in [-0.1, -0.05) is 45.9 Å². The van der Waals surface area contributed by atoms with Gasteiger partial charge in [-0.25, -0.2) is 0 Å². The first kappa shape index (κ1) is 24.7. The zero-order valence-electron chi connectivity index (χ0n) is 18.3. The van der Waals surface area contributed by atoms with Crippen LogP contribution in [-0.4, -0.2) is 28.1 Å². The number of hydrogen-bond acceptors (Lipinski definition) is 3. The molecule has 154 valence electrons. The maximum Gasteiger partial charge on any atom is 0.191 e. The Balaban J connectivity index is 2.71. The van der Waals surface area contributed by atoms with Crippen LogP contribution in [0.4, 0.5) is 0 Å². The summed E-state index contributed by atoms with van der Waals surface area (Å²) < 4.78 is 19.2. The van der Waals surface area contributed by atoms with Gasteiger partial charge in [0, 0.05) is 12.5 Å². The Labute approximate surface area is 181 Å². The second-order valence-electron chi connectivity index (χ2n) is 8.71. The molecule has 0 fully saturated rings. The van der Waals surface area contributed by atoms with Crippen molar-refractivity contribution >= 4 is 30.9 Å². The fourth-order valence-electron chi connectivity index (χ4n) is 2.54. The smallest absolute Gasteiger partial charge is 0.191 e. The molecular weight excluding hydrogens is 467 g/mol. The van der Waals surface area contributed by atoms with Gasteiger partial charge in [0.25, 0.3) is 0 Å². The third kappa shape index (κ3) is 8.67. The molecule has 3 nitrogen and oxygen atoms in total. The zero-order valence-corrected chi connectivity index (χ0v) is 21.4. The predicted octanol–water partition coefficient (Wildman–Crippen LogP) is 6.97. The molecule has 0 aromatic heterocycles. The Kier molecular flexibility index (Phi) is 10.0. The molecule has 0 heterocycles. The number of hydrogen-bond donors (Lipinski definition) is 0. The van der Waals surface area contributed by atoms with E-state index >= 15 is 0 Å². The minimum atomic E-state index is -1.72. The van der Waals surface area contributed by atoms with E-state index in [1.165, 1.54) is 3.58 Å². The molecule has 0 aliphatic carbocycles. The lowest BCUT2D eigenvalue weighted by Gasteiger charge is -2.36. The maximum atomic E-state index is 6.38. The topological polar surface area (TPSA) is 27.7 Å². The fraction of sp³-hybridized carbons (Fsp3) is 0.636. The van der Waals surface area contributed by atoms with E-state index in [1.54, 1.807) is 7.11 Å². The highest BCUT2D eigenvalue weighted by Crippen LogP contribution is 2.36. The van der Waals surface area contributed by atoms with Crippen molar-refractivity contribution in [2.24, 2.45) is 5.92 Å². The fourth-order valence-corrected chi connectivity index (χ4v) is 4.17. The molecule has 0 spiro atoms. The van der Waals surface area contributed by atoms with Gasteiger partial charge >= 0.3 is 0 Å². The normalized spacial score (nSPS) is 15.5. The van der Waals surface area contributed by atoms with Gasteiger partial charge in [0.2, 0.25) is 0 Å². The average Bonchev–Trinajstić information content (AvgIpc) is 2.56. The highest BCUT2D eigenvalue weighted by molar-refractivity contribution is 14.1. The van der Waals surface area contributed by atoms with Crippen LogP contribution in [0.1, 0.15) is 46.6 Å². The lowest BCUT2D eigenvalue weighted by atomic mass is 10.0. The molecule has 0 N–H and O–H groups in total. The van der Waals surface area contributed by atoms with Crippen LogP contribution in [0.3, 0.4) is 0 Å². The van der Waals surface area contributed by atoms with Crippen molar-refractivity contribution in [1.82, 2.24) is 0 Å². The zero-order chi connectivity index (χ0) is 20.7. The number of rotatable bonds is 10. The van der Waals surface area contributed by atoms with Crippen LogP contribution in [0.5, 0.6) is 5.75 Å². The number of allylic oxidation sites excluding steroid dienone is 1. The minimum Gasteiger partial charge on any atom is -0.497 e. The van der Waals surface area contributed by atoms with Crippen LogP contribution in [0, 0.1) is 5.92 Å². The largest absolute Gasteiger partial charge is 0.497 e. The quantitative estimate of drug-likeness (QED) is 0.255. The maximum absolute atomic E-state index is 6.38. The summed E-state index contributed by atoms with van der Waals surface area (Å²) in [6, 6.07) is 8.08. The minimum absolute atomic E-state index is 0.140. The second kappa shape index (κ2) is 11.0. The van der Waals surface area contributed by atoms with Gasteiger partial charge in [-0.15, -0.1) is 0 Å². The Bertz CT molecular complexity index is 587. The van der Waals surface area contributed by atoms with Crippen LogP contribution >= 0.6 is 22.6 Å². The summed E-state index contributed by atoms with van der Waals surface area (Å²) >= 11 is 2.37. The molecule has 0 radical (unpaired) electrons. The molecule has 0 amide bonds. The lowest BCUT2D eigenvalue weighted by Crippen LogP contribution is -2.41. The van der Waals surface area contributed by atoms with Gasteiger partial charge in [-0.2, -0.15) is 0 Å². The van der Waals surface area contributed by atoms with E-state index < -0.39 is 8.32 Å². The Morgan fingerprint density at radius 1 is 1.19 bits per heavy atom. The van der Waals surface area contributed by atoms with Crippen molar-refractivity contribution in [2.45, 2.75) is 71.9 Å². The van der Waals surface area contributed by atoms with Gasteiger partial charge in [-0.05, 0) is 75.3 Å². The molecule has 0 unspecified atom stereocenters.